The fraction of sp³-hybridized carbons (Fsp3) is 0.462. The topological polar surface area (TPSA) is 65.5 Å². The molecule has 0 aliphatic rings. The van der Waals surface area contributed by atoms with Crippen molar-refractivity contribution in [1.82, 2.24) is 4.98 Å². The largest absolute Gasteiger partial charge is 0.463 e. The Balaban J connectivity index is 2.81. The van der Waals surface area contributed by atoms with Crippen LogP contribution in [0.15, 0.2) is 24.4 Å². The summed E-state index contributed by atoms with van der Waals surface area (Å²) < 4.78 is 10.1. The third-order valence-corrected chi connectivity index (χ3v) is 2.16. The first-order valence-corrected chi connectivity index (χ1v) is 5.96. The molecule has 0 spiro atoms. The number of hydrogen-bond donors (Lipinski definition) is 0. The van der Waals surface area contributed by atoms with Crippen molar-refractivity contribution < 1.29 is 19.1 Å². The summed E-state index contributed by atoms with van der Waals surface area (Å²) in [6, 6.07) is 5.07. The number of ether oxygens (including phenoxy) is 2. The maximum atomic E-state index is 11.8. The van der Waals surface area contributed by atoms with Crippen molar-refractivity contribution >= 4 is 11.9 Å². The second-order valence-corrected chi connectivity index (χ2v) is 3.65. The Bertz CT molecular complexity index is 391. The van der Waals surface area contributed by atoms with Gasteiger partial charge < -0.3 is 9.47 Å². The zero-order valence-electron chi connectivity index (χ0n) is 10.6. The molecule has 5 nitrogen and oxygen atoms in total. The van der Waals surface area contributed by atoms with Gasteiger partial charge >= 0.3 is 11.9 Å². The number of nitrogens with zero attached hydrogens (tertiary/aromatic N) is 1. The van der Waals surface area contributed by atoms with Gasteiger partial charge in [-0.3, -0.25) is 9.78 Å². The normalized spacial score (nSPS) is 11.7. The number of carbonyl (C=O) groups is 2. The summed E-state index contributed by atoms with van der Waals surface area (Å²) in [6.07, 6.45) is 1.37. The van der Waals surface area contributed by atoms with Crippen LogP contribution in [0.4, 0.5) is 0 Å². The van der Waals surface area contributed by atoms with Gasteiger partial charge in [0, 0.05) is 12.6 Å². The first kappa shape index (κ1) is 14.2. The SMILES string of the molecule is CCCOC(=O)C(OC(=O)CC)c1ccccn1. The Labute approximate surface area is 106 Å². The minimum absolute atomic E-state index is 0.199. The Kier molecular flexibility index (Phi) is 5.84. The third kappa shape index (κ3) is 4.16. The summed E-state index contributed by atoms with van der Waals surface area (Å²) in [5, 5.41) is 0. The summed E-state index contributed by atoms with van der Waals surface area (Å²) in [4.78, 5) is 27.1. The maximum Gasteiger partial charge on any atom is 0.353 e. The van der Waals surface area contributed by atoms with Crippen LogP contribution in [0.1, 0.15) is 38.5 Å². The second kappa shape index (κ2) is 7.42. The molecule has 0 bridgehead atoms. The lowest BCUT2D eigenvalue weighted by Crippen LogP contribution is -2.23. The van der Waals surface area contributed by atoms with Crippen molar-refractivity contribution in [2.45, 2.75) is 32.8 Å². The van der Waals surface area contributed by atoms with Crippen molar-refractivity contribution in [2.24, 2.45) is 0 Å². The van der Waals surface area contributed by atoms with Crippen LogP contribution in [0.25, 0.3) is 0 Å². The lowest BCUT2D eigenvalue weighted by atomic mass is 10.2. The van der Waals surface area contributed by atoms with E-state index in [-0.39, 0.29) is 6.42 Å². The molecule has 0 amide bonds. The van der Waals surface area contributed by atoms with Crippen molar-refractivity contribution in [3.8, 4) is 0 Å². The summed E-state index contributed by atoms with van der Waals surface area (Å²) in [5.41, 5.74) is 0.375. The van der Waals surface area contributed by atoms with Crippen LogP contribution < -0.4 is 0 Å². The van der Waals surface area contributed by atoms with E-state index in [9.17, 15) is 9.59 Å². The van der Waals surface area contributed by atoms with Gasteiger partial charge in [0.2, 0.25) is 6.10 Å². The van der Waals surface area contributed by atoms with Gasteiger partial charge in [-0.1, -0.05) is 19.9 Å². The fourth-order valence-electron chi connectivity index (χ4n) is 1.25. The van der Waals surface area contributed by atoms with Crippen molar-refractivity contribution in [3.05, 3.63) is 30.1 Å². The molecule has 0 fully saturated rings. The number of carbonyl (C=O) groups excluding carboxylic acids is 2. The highest BCUT2D eigenvalue weighted by molar-refractivity contribution is 5.80. The minimum atomic E-state index is -1.08. The fourth-order valence-corrected chi connectivity index (χ4v) is 1.25. The van der Waals surface area contributed by atoms with Gasteiger partial charge in [-0.2, -0.15) is 0 Å². The lowest BCUT2D eigenvalue weighted by molar-refractivity contribution is -0.168. The molecule has 1 aromatic rings. The van der Waals surface area contributed by atoms with E-state index in [4.69, 9.17) is 9.47 Å². The Morgan fingerprint density at radius 1 is 1.33 bits per heavy atom. The Morgan fingerprint density at radius 2 is 2.11 bits per heavy atom. The monoisotopic (exact) mass is 251 g/mol. The van der Waals surface area contributed by atoms with E-state index in [1.54, 1.807) is 25.1 Å². The molecule has 1 heterocycles. The second-order valence-electron chi connectivity index (χ2n) is 3.65. The van der Waals surface area contributed by atoms with Gasteiger partial charge in [-0.05, 0) is 18.6 Å². The van der Waals surface area contributed by atoms with E-state index in [1.165, 1.54) is 6.20 Å². The van der Waals surface area contributed by atoms with Crippen LogP contribution in [0.5, 0.6) is 0 Å². The molecule has 0 aromatic carbocycles. The van der Waals surface area contributed by atoms with Gasteiger partial charge in [0.15, 0.2) is 0 Å². The van der Waals surface area contributed by atoms with E-state index in [0.717, 1.165) is 0 Å². The molecule has 1 atom stereocenters. The standard InChI is InChI=1S/C13H17NO4/c1-3-9-17-13(16)12(18-11(15)4-2)10-7-5-6-8-14-10/h5-8,12H,3-4,9H2,1-2H3. The average molecular weight is 251 g/mol. The predicted octanol–water partition coefficient (Wildman–Crippen LogP) is 2.03. The number of pyridine rings is 1. The molecule has 1 rings (SSSR count). The van der Waals surface area contributed by atoms with Crippen molar-refractivity contribution in [3.63, 3.8) is 0 Å². The Hall–Kier alpha value is -1.91. The number of aromatic nitrogens is 1. The number of rotatable bonds is 6. The molecule has 0 N–H and O–H groups in total. The predicted molar refractivity (Wildman–Crippen MR) is 64.6 cm³/mol. The van der Waals surface area contributed by atoms with Crippen LogP contribution in [0, 0.1) is 0 Å². The number of esters is 2. The van der Waals surface area contributed by atoms with E-state index < -0.39 is 18.0 Å². The number of hydrogen-bond acceptors (Lipinski definition) is 5. The Morgan fingerprint density at radius 3 is 2.67 bits per heavy atom. The molecule has 1 unspecified atom stereocenters. The van der Waals surface area contributed by atoms with E-state index in [2.05, 4.69) is 4.98 Å². The maximum absolute atomic E-state index is 11.8. The first-order valence-electron chi connectivity index (χ1n) is 5.96. The smallest absolute Gasteiger partial charge is 0.353 e. The van der Waals surface area contributed by atoms with E-state index in [0.29, 0.717) is 18.7 Å². The molecule has 0 saturated carbocycles. The van der Waals surface area contributed by atoms with Crippen molar-refractivity contribution in [2.75, 3.05) is 6.61 Å². The van der Waals surface area contributed by atoms with Gasteiger partial charge in [0.25, 0.3) is 0 Å². The van der Waals surface area contributed by atoms with Gasteiger partial charge in [0.1, 0.15) is 0 Å². The molecule has 18 heavy (non-hydrogen) atoms. The summed E-state index contributed by atoms with van der Waals surface area (Å²) in [7, 11) is 0. The van der Waals surface area contributed by atoms with E-state index in [1.807, 2.05) is 6.92 Å². The summed E-state index contributed by atoms with van der Waals surface area (Å²) >= 11 is 0. The molecular formula is C13H17NO4. The molecular weight excluding hydrogens is 234 g/mol. The van der Waals surface area contributed by atoms with Crippen LogP contribution >= 0.6 is 0 Å². The highest BCUT2D eigenvalue weighted by atomic mass is 16.6. The van der Waals surface area contributed by atoms with Gasteiger partial charge in [-0.25, -0.2) is 4.79 Å². The molecule has 98 valence electrons. The summed E-state index contributed by atoms with van der Waals surface area (Å²) in [6.45, 7) is 3.85. The average Bonchev–Trinajstić information content (AvgIpc) is 2.42. The zero-order valence-corrected chi connectivity index (χ0v) is 10.6. The highest BCUT2D eigenvalue weighted by Crippen LogP contribution is 2.17. The van der Waals surface area contributed by atoms with Crippen LogP contribution in [-0.4, -0.2) is 23.5 Å². The van der Waals surface area contributed by atoms with Gasteiger partial charge in [-0.15, -0.1) is 0 Å². The van der Waals surface area contributed by atoms with E-state index >= 15 is 0 Å². The minimum Gasteiger partial charge on any atom is -0.463 e. The quantitative estimate of drug-likeness (QED) is 0.724. The molecule has 0 aliphatic carbocycles. The van der Waals surface area contributed by atoms with Crippen LogP contribution in [0.2, 0.25) is 0 Å². The molecule has 1 aromatic heterocycles. The highest BCUT2D eigenvalue weighted by Gasteiger charge is 2.27. The van der Waals surface area contributed by atoms with Crippen LogP contribution in [-0.2, 0) is 19.1 Å². The van der Waals surface area contributed by atoms with Gasteiger partial charge in [0.05, 0.1) is 12.3 Å². The molecule has 0 saturated heterocycles. The molecule has 5 heteroatoms. The molecule has 0 radical (unpaired) electrons. The zero-order chi connectivity index (χ0) is 13.4. The summed E-state index contributed by atoms with van der Waals surface area (Å²) in [5.74, 6) is -1.04. The van der Waals surface area contributed by atoms with Crippen LogP contribution in [0.3, 0.4) is 0 Å². The molecule has 0 aliphatic heterocycles. The first-order chi connectivity index (χ1) is 8.69. The lowest BCUT2D eigenvalue weighted by Gasteiger charge is -2.15. The third-order valence-electron chi connectivity index (χ3n) is 2.16. The van der Waals surface area contributed by atoms with Crippen molar-refractivity contribution in [1.29, 1.82) is 0 Å².